The van der Waals surface area contributed by atoms with Crippen molar-refractivity contribution in [2.75, 3.05) is 0 Å². The first-order chi connectivity index (χ1) is 13.7. The topological polar surface area (TPSA) is 60.7 Å². The van der Waals surface area contributed by atoms with Crippen molar-refractivity contribution < 1.29 is 0 Å². The Morgan fingerprint density at radius 2 is 1.68 bits per heavy atom. The number of rotatable bonds is 3. The average molecular weight is 384 g/mol. The van der Waals surface area contributed by atoms with Crippen LogP contribution in [0.3, 0.4) is 0 Å². The van der Waals surface area contributed by atoms with E-state index in [-0.39, 0.29) is 5.56 Å². The molecule has 0 atom stereocenters. The molecule has 0 unspecified atom stereocenters. The normalized spacial score (nSPS) is 11.3. The molecule has 5 nitrogen and oxygen atoms in total. The number of thiophene rings is 1. The van der Waals surface area contributed by atoms with Gasteiger partial charge in [0.05, 0.1) is 29.5 Å². The summed E-state index contributed by atoms with van der Waals surface area (Å²) >= 11 is 1.39. The zero-order valence-corrected chi connectivity index (χ0v) is 16.0. The van der Waals surface area contributed by atoms with E-state index in [0.717, 1.165) is 27.0 Å². The maximum absolute atomic E-state index is 13.1. The zero-order chi connectivity index (χ0) is 19.1. The second kappa shape index (κ2) is 6.65. The standard InChI is InChI=1S/C22H16N4OS/c1-14-17-18-19(22(27)26(13-23-18)12-15-8-4-2-5-9-15)28-21(17)25-20(24-14)16-10-6-3-7-11-16/h2-11,13H,12H2,1H3. The Morgan fingerprint density at radius 1 is 0.964 bits per heavy atom. The van der Waals surface area contributed by atoms with Crippen LogP contribution in [0.5, 0.6) is 0 Å². The van der Waals surface area contributed by atoms with Gasteiger partial charge in [0.1, 0.15) is 9.53 Å². The van der Waals surface area contributed by atoms with Crippen molar-refractivity contribution in [2.24, 2.45) is 0 Å². The van der Waals surface area contributed by atoms with Gasteiger partial charge in [-0.3, -0.25) is 9.36 Å². The highest BCUT2D eigenvalue weighted by atomic mass is 32.1. The van der Waals surface area contributed by atoms with Crippen LogP contribution < -0.4 is 5.56 Å². The maximum Gasteiger partial charge on any atom is 0.271 e. The van der Waals surface area contributed by atoms with Crippen molar-refractivity contribution in [1.29, 1.82) is 0 Å². The molecule has 0 radical (unpaired) electrons. The van der Waals surface area contributed by atoms with E-state index >= 15 is 0 Å². The van der Waals surface area contributed by atoms with E-state index in [4.69, 9.17) is 4.98 Å². The lowest BCUT2D eigenvalue weighted by molar-refractivity contribution is 0.750. The molecule has 5 aromatic rings. The van der Waals surface area contributed by atoms with Gasteiger partial charge >= 0.3 is 0 Å². The lowest BCUT2D eigenvalue weighted by Crippen LogP contribution is -2.20. The Labute approximate surface area is 165 Å². The second-order valence-electron chi connectivity index (χ2n) is 6.62. The molecule has 0 saturated carbocycles. The van der Waals surface area contributed by atoms with Gasteiger partial charge in [-0.1, -0.05) is 60.7 Å². The summed E-state index contributed by atoms with van der Waals surface area (Å²) in [6, 6.07) is 19.8. The third-order valence-electron chi connectivity index (χ3n) is 4.72. The number of aromatic nitrogens is 4. The molecular weight excluding hydrogens is 368 g/mol. The fraction of sp³-hybridized carbons (Fsp3) is 0.0909. The van der Waals surface area contributed by atoms with Crippen LogP contribution in [0.15, 0.2) is 71.8 Å². The lowest BCUT2D eigenvalue weighted by Gasteiger charge is -2.05. The smallest absolute Gasteiger partial charge is 0.271 e. The molecule has 0 aliphatic carbocycles. The zero-order valence-electron chi connectivity index (χ0n) is 15.2. The number of fused-ring (bicyclic) bond motifs is 3. The molecule has 0 bridgehead atoms. The molecule has 0 aliphatic rings. The molecule has 0 aliphatic heterocycles. The predicted octanol–water partition coefficient (Wildman–Crippen LogP) is 4.42. The van der Waals surface area contributed by atoms with Gasteiger partial charge in [0, 0.05) is 5.56 Å². The number of aryl methyl sites for hydroxylation is 1. The Bertz CT molecular complexity index is 1360. The number of hydrogen-bond acceptors (Lipinski definition) is 5. The summed E-state index contributed by atoms with van der Waals surface area (Å²) in [4.78, 5) is 27.8. The Morgan fingerprint density at radius 3 is 2.43 bits per heavy atom. The van der Waals surface area contributed by atoms with Gasteiger partial charge in [-0.2, -0.15) is 0 Å². The van der Waals surface area contributed by atoms with Crippen LogP contribution in [-0.2, 0) is 6.54 Å². The number of hydrogen-bond donors (Lipinski definition) is 0. The molecule has 5 rings (SSSR count). The van der Waals surface area contributed by atoms with Gasteiger partial charge in [-0.15, -0.1) is 11.3 Å². The first-order valence-corrected chi connectivity index (χ1v) is 9.78. The summed E-state index contributed by atoms with van der Waals surface area (Å²) in [5.41, 5.74) is 3.50. The molecule has 0 N–H and O–H groups in total. The molecule has 0 saturated heterocycles. The van der Waals surface area contributed by atoms with Gasteiger partial charge in [0.2, 0.25) is 0 Å². The molecule has 2 aromatic carbocycles. The minimum absolute atomic E-state index is 0.0440. The van der Waals surface area contributed by atoms with E-state index in [1.807, 2.05) is 67.6 Å². The van der Waals surface area contributed by atoms with E-state index in [1.54, 1.807) is 10.9 Å². The van der Waals surface area contributed by atoms with Crippen molar-refractivity contribution in [3.8, 4) is 11.4 Å². The highest BCUT2D eigenvalue weighted by Gasteiger charge is 2.17. The van der Waals surface area contributed by atoms with E-state index in [9.17, 15) is 4.79 Å². The summed E-state index contributed by atoms with van der Waals surface area (Å²) in [5.74, 6) is 0.668. The first kappa shape index (κ1) is 16.8. The summed E-state index contributed by atoms with van der Waals surface area (Å²) in [6.07, 6.45) is 1.62. The van der Waals surface area contributed by atoms with Gasteiger partial charge in [0.25, 0.3) is 5.56 Å². The third-order valence-corrected chi connectivity index (χ3v) is 5.78. The molecule has 0 spiro atoms. The maximum atomic E-state index is 13.1. The highest BCUT2D eigenvalue weighted by Crippen LogP contribution is 2.32. The van der Waals surface area contributed by atoms with Crippen molar-refractivity contribution >= 4 is 31.8 Å². The molecule has 136 valence electrons. The molecule has 3 heterocycles. The first-order valence-electron chi connectivity index (χ1n) is 8.96. The van der Waals surface area contributed by atoms with E-state index in [2.05, 4.69) is 9.97 Å². The summed E-state index contributed by atoms with van der Waals surface area (Å²) in [7, 11) is 0. The minimum atomic E-state index is -0.0440. The van der Waals surface area contributed by atoms with Gasteiger partial charge in [0.15, 0.2) is 5.82 Å². The Kier molecular flexibility index (Phi) is 3.98. The highest BCUT2D eigenvalue weighted by molar-refractivity contribution is 7.25. The van der Waals surface area contributed by atoms with E-state index < -0.39 is 0 Å². The monoisotopic (exact) mass is 384 g/mol. The number of nitrogens with zero attached hydrogens (tertiary/aromatic N) is 4. The summed E-state index contributed by atoms with van der Waals surface area (Å²) in [5, 5.41) is 0.864. The van der Waals surface area contributed by atoms with Crippen LogP contribution in [0.4, 0.5) is 0 Å². The summed E-state index contributed by atoms with van der Waals surface area (Å²) in [6.45, 7) is 2.44. The molecule has 0 fully saturated rings. The quantitative estimate of drug-likeness (QED) is 0.462. The minimum Gasteiger partial charge on any atom is -0.294 e. The molecule has 3 aromatic heterocycles. The van der Waals surface area contributed by atoms with Gasteiger partial charge in [-0.25, -0.2) is 15.0 Å². The van der Waals surface area contributed by atoms with Crippen molar-refractivity contribution in [3.05, 3.63) is 88.6 Å². The van der Waals surface area contributed by atoms with Crippen LogP contribution in [0.25, 0.3) is 31.8 Å². The van der Waals surface area contributed by atoms with Crippen LogP contribution >= 0.6 is 11.3 Å². The fourth-order valence-corrected chi connectivity index (χ4v) is 4.47. The Hall–Kier alpha value is -3.38. The molecule has 28 heavy (non-hydrogen) atoms. The van der Waals surface area contributed by atoms with Crippen LogP contribution in [0.2, 0.25) is 0 Å². The fourth-order valence-electron chi connectivity index (χ4n) is 3.34. The third kappa shape index (κ3) is 2.78. The molecular formula is C22H16N4OS. The average Bonchev–Trinajstić information content (AvgIpc) is 3.11. The number of benzene rings is 2. The van der Waals surface area contributed by atoms with Crippen molar-refractivity contribution in [3.63, 3.8) is 0 Å². The van der Waals surface area contributed by atoms with Gasteiger partial charge in [-0.05, 0) is 12.5 Å². The lowest BCUT2D eigenvalue weighted by atomic mass is 10.2. The SMILES string of the molecule is Cc1nc(-c2ccccc2)nc2sc3c(=O)n(Cc4ccccc4)cnc3c12. The summed E-state index contributed by atoms with van der Waals surface area (Å²) < 4.78 is 2.27. The predicted molar refractivity (Wildman–Crippen MR) is 113 cm³/mol. The molecule has 6 heteroatoms. The van der Waals surface area contributed by atoms with Crippen LogP contribution in [0.1, 0.15) is 11.3 Å². The van der Waals surface area contributed by atoms with Crippen LogP contribution in [0, 0.1) is 6.92 Å². The van der Waals surface area contributed by atoms with Crippen molar-refractivity contribution in [2.45, 2.75) is 13.5 Å². The molecule has 0 amide bonds. The second-order valence-corrected chi connectivity index (χ2v) is 7.62. The van der Waals surface area contributed by atoms with Crippen molar-refractivity contribution in [1.82, 2.24) is 19.5 Å². The van der Waals surface area contributed by atoms with Crippen LogP contribution in [-0.4, -0.2) is 19.5 Å². The van der Waals surface area contributed by atoms with Gasteiger partial charge < -0.3 is 0 Å². The van der Waals surface area contributed by atoms with E-state index in [0.29, 0.717) is 22.6 Å². The largest absolute Gasteiger partial charge is 0.294 e. The van der Waals surface area contributed by atoms with E-state index in [1.165, 1.54) is 11.3 Å². The Balaban J connectivity index is 1.68.